The molecule has 1 aromatic carbocycles. The smallest absolute Gasteiger partial charge is 0.238 e. The molecule has 0 aliphatic carbocycles. The van der Waals surface area contributed by atoms with Crippen LogP contribution in [0, 0.1) is 23.0 Å². The monoisotopic (exact) mass is 274 g/mol. The Morgan fingerprint density at radius 3 is 2.73 bits per heavy atom. The molecule has 0 fully saturated rings. The van der Waals surface area contributed by atoms with Crippen molar-refractivity contribution in [2.45, 2.75) is 6.42 Å². The molecule has 0 atom stereocenters. The van der Waals surface area contributed by atoms with Crippen LogP contribution in [-0.2, 0) is 4.79 Å². The third-order valence-corrected chi connectivity index (χ3v) is 2.13. The van der Waals surface area contributed by atoms with Gasteiger partial charge in [-0.2, -0.15) is 5.26 Å². The minimum absolute atomic E-state index is 0.0381. The van der Waals surface area contributed by atoms with Gasteiger partial charge in [-0.1, -0.05) is 0 Å². The fourth-order valence-corrected chi connectivity index (χ4v) is 1.23. The molecule has 0 spiro atoms. The summed E-state index contributed by atoms with van der Waals surface area (Å²) in [6.07, 6.45) is -0.381. The molecular weight excluding hydrogens is 270 g/mol. The maximum absolute atomic E-state index is 13.1. The molecule has 1 N–H and O–H groups in total. The van der Waals surface area contributed by atoms with Crippen molar-refractivity contribution in [2.75, 3.05) is 5.32 Å². The molecule has 1 aromatic rings. The summed E-state index contributed by atoms with van der Waals surface area (Å²) in [5, 5.41) is 10.4. The van der Waals surface area contributed by atoms with Gasteiger partial charge in [-0.25, -0.2) is 8.78 Å². The van der Waals surface area contributed by atoms with Gasteiger partial charge in [-0.3, -0.25) is 4.79 Å². The van der Waals surface area contributed by atoms with Crippen molar-refractivity contribution in [3.05, 3.63) is 28.2 Å². The van der Waals surface area contributed by atoms with Gasteiger partial charge in [0.2, 0.25) is 5.91 Å². The number of amides is 1. The highest BCUT2D eigenvalue weighted by atomic mass is 79.9. The zero-order valence-electron chi connectivity index (χ0n) is 7.35. The van der Waals surface area contributed by atoms with Gasteiger partial charge in [0.1, 0.15) is 18.1 Å². The first-order chi connectivity index (χ1) is 7.04. The van der Waals surface area contributed by atoms with E-state index in [0.29, 0.717) is 6.07 Å². The number of carbonyl (C=O) groups is 1. The van der Waals surface area contributed by atoms with Crippen LogP contribution in [0.1, 0.15) is 6.42 Å². The second-order valence-corrected chi connectivity index (χ2v) is 3.48. The fraction of sp³-hybridized carbons (Fsp3) is 0.111. The largest absolute Gasteiger partial charge is 0.323 e. The molecular formula is C9H5BrF2N2O. The van der Waals surface area contributed by atoms with E-state index in [4.69, 9.17) is 5.26 Å². The van der Waals surface area contributed by atoms with Crippen molar-refractivity contribution in [1.82, 2.24) is 0 Å². The second kappa shape index (κ2) is 4.84. The van der Waals surface area contributed by atoms with Gasteiger partial charge in [0.15, 0.2) is 0 Å². The Bertz CT molecular complexity index is 442. The van der Waals surface area contributed by atoms with Crippen LogP contribution in [0.4, 0.5) is 14.5 Å². The number of anilines is 1. The summed E-state index contributed by atoms with van der Waals surface area (Å²) in [6.45, 7) is 0. The van der Waals surface area contributed by atoms with Crippen LogP contribution >= 0.6 is 15.9 Å². The topological polar surface area (TPSA) is 52.9 Å². The number of rotatable bonds is 2. The average Bonchev–Trinajstić information content (AvgIpc) is 2.14. The minimum Gasteiger partial charge on any atom is -0.323 e. The van der Waals surface area contributed by atoms with Crippen molar-refractivity contribution in [3.63, 3.8) is 0 Å². The lowest BCUT2D eigenvalue weighted by atomic mass is 10.3. The number of hydrogen-bond acceptors (Lipinski definition) is 2. The molecule has 1 rings (SSSR count). The lowest BCUT2D eigenvalue weighted by Gasteiger charge is -2.05. The van der Waals surface area contributed by atoms with Gasteiger partial charge >= 0.3 is 0 Å². The first-order valence-electron chi connectivity index (χ1n) is 3.86. The summed E-state index contributed by atoms with van der Waals surface area (Å²) >= 11 is 2.85. The molecule has 0 aliphatic rings. The number of hydrogen-bond donors (Lipinski definition) is 1. The van der Waals surface area contributed by atoms with Gasteiger partial charge in [-0.15, -0.1) is 0 Å². The third kappa shape index (κ3) is 2.99. The Morgan fingerprint density at radius 2 is 2.13 bits per heavy atom. The molecule has 0 aliphatic heterocycles. The molecule has 78 valence electrons. The average molecular weight is 275 g/mol. The summed E-state index contributed by atoms with van der Waals surface area (Å²) < 4.78 is 25.9. The van der Waals surface area contributed by atoms with Crippen LogP contribution in [-0.4, -0.2) is 5.91 Å². The van der Waals surface area contributed by atoms with Crippen LogP contribution in [0.5, 0.6) is 0 Å². The van der Waals surface area contributed by atoms with Crippen molar-refractivity contribution in [2.24, 2.45) is 0 Å². The lowest BCUT2D eigenvalue weighted by molar-refractivity contribution is -0.115. The van der Waals surface area contributed by atoms with E-state index < -0.39 is 17.5 Å². The van der Waals surface area contributed by atoms with E-state index in [0.717, 1.165) is 6.07 Å². The quantitative estimate of drug-likeness (QED) is 0.843. The van der Waals surface area contributed by atoms with Crippen LogP contribution in [0.15, 0.2) is 16.6 Å². The fourth-order valence-electron chi connectivity index (χ4n) is 0.885. The maximum atomic E-state index is 13.1. The molecule has 0 radical (unpaired) electrons. The number of halogens is 3. The van der Waals surface area contributed by atoms with Gasteiger partial charge in [-0.05, 0) is 22.0 Å². The van der Waals surface area contributed by atoms with E-state index in [-0.39, 0.29) is 16.6 Å². The van der Waals surface area contributed by atoms with Gasteiger partial charge < -0.3 is 5.32 Å². The Morgan fingerprint density at radius 1 is 1.47 bits per heavy atom. The highest BCUT2D eigenvalue weighted by Crippen LogP contribution is 2.23. The van der Waals surface area contributed by atoms with E-state index in [2.05, 4.69) is 21.2 Å². The lowest BCUT2D eigenvalue weighted by Crippen LogP contribution is -2.11. The normalized spacial score (nSPS) is 9.47. The molecule has 1 amide bonds. The summed E-state index contributed by atoms with van der Waals surface area (Å²) in [4.78, 5) is 11.0. The maximum Gasteiger partial charge on any atom is 0.238 e. The first kappa shape index (κ1) is 11.6. The van der Waals surface area contributed by atoms with Crippen molar-refractivity contribution in [3.8, 4) is 6.07 Å². The summed E-state index contributed by atoms with van der Waals surface area (Å²) in [7, 11) is 0. The van der Waals surface area contributed by atoms with Crippen LogP contribution in [0.3, 0.4) is 0 Å². The van der Waals surface area contributed by atoms with Gasteiger partial charge in [0.05, 0.1) is 16.2 Å². The van der Waals surface area contributed by atoms with Crippen molar-refractivity contribution in [1.29, 1.82) is 5.26 Å². The molecule has 0 unspecified atom stereocenters. The van der Waals surface area contributed by atoms with E-state index in [9.17, 15) is 13.6 Å². The number of carbonyl (C=O) groups excluding carboxylic acids is 1. The zero-order chi connectivity index (χ0) is 11.4. The molecule has 0 saturated carbocycles. The van der Waals surface area contributed by atoms with Crippen LogP contribution in [0.25, 0.3) is 0 Å². The highest BCUT2D eigenvalue weighted by Gasteiger charge is 2.10. The second-order valence-electron chi connectivity index (χ2n) is 2.63. The van der Waals surface area contributed by atoms with Crippen LogP contribution in [0.2, 0.25) is 0 Å². The number of nitrogens with zero attached hydrogens (tertiary/aromatic N) is 1. The first-order valence-corrected chi connectivity index (χ1v) is 4.65. The van der Waals surface area contributed by atoms with Gasteiger partial charge in [0.25, 0.3) is 0 Å². The minimum atomic E-state index is -0.887. The molecule has 0 bridgehead atoms. The summed E-state index contributed by atoms with van der Waals surface area (Å²) in [5.74, 6) is -2.29. The van der Waals surface area contributed by atoms with E-state index in [1.165, 1.54) is 0 Å². The Kier molecular flexibility index (Phi) is 3.74. The molecule has 0 saturated heterocycles. The molecule has 3 nitrogen and oxygen atoms in total. The zero-order valence-corrected chi connectivity index (χ0v) is 8.94. The van der Waals surface area contributed by atoms with Crippen molar-refractivity contribution >= 4 is 27.5 Å². The van der Waals surface area contributed by atoms with E-state index in [1.807, 2.05) is 0 Å². The van der Waals surface area contributed by atoms with E-state index >= 15 is 0 Å². The van der Waals surface area contributed by atoms with Crippen molar-refractivity contribution < 1.29 is 13.6 Å². The Hall–Kier alpha value is -1.48. The molecule has 0 heterocycles. The number of nitriles is 1. The summed E-state index contributed by atoms with van der Waals surface area (Å²) in [6, 6.07) is 3.35. The summed E-state index contributed by atoms with van der Waals surface area (Å²) in [5.41, 5.74) is -0.163. The molecule has 0 aromatic heterocycles. The van der Waals surface area contributed by atoms with Gasteiger partial charge in [0, 0.05) is 6.07 Å². The number of benzene rings is 1. The predicted molar refractivity (Wildman–Crippen MR) is 52.9 cm³/mol. The Balaban J connectivity index is 2.92. The SMILES string of the molecule is N#CCC(=O)Nc1cc(Br)c(F)cc1F. The third-order valence-electron chi connectivity index (χ3n) is 1.52. The van der Waals surface area contributed by atoms with E-state index in [1.54, 1.807) is 6.07 Å². The predicted octanol–water partition coefficient (Wildman–Crippen LogP) is 2.58. The standard InChI is InChI=1S/C9H5BrF2N2O/c10-5-3-8(7(12)4-6(5)11)14-9(15)1-2-13/h3-4H,1H2,(H,14,15). The highest BCUT2D eigenvalue weighted by molar-refractivity contribution is 9.10. The molecule has 15 heavy (non-hydrogen) atoms. The van der Waals surface area contributed by atoms with Crippen LogP contribution < -0.4 is 5.32 Å². The molecule has 6 heteroatoms. The number of nitrogens with one attached hydrogen (secondary N) is 1. The Labute approximate surface area is 92.8 Å².